The lowest BCUT2D eigenvalue weighted by Gasteiger charge is -2.25. The number of carbonyl (C=O) groups excluding carboxylic acids is 1. The summed E-state index contributed by atoms with van der Waals surface area (Å²) in [5.41, 5.74) is 7.43. The second-order valence-corrected chi connectivity index (χ2v) is 10.4. The highest BCUT2D eigenvalue weighted by Gasteiger charge is 2.30. The van der Waals surface area contributed by atoms with Crippen LogP contribution in [0.1, 0.15) is 42.6 Å². The van der Waals surface area contributed by atoms with Crippen LogP contribution in [0.15, 0.2) is 71.2 Å². The van der Waals surface area contributed by atoms with Crippen LogP contribution in [0.3, 0.4) is 0 Å². The van der Waals surface area contributed by atoms with Crippen molar-refractivity contribution >= 4 is 33.5 Å². The Labute approximate surface area is 212 Å². The number of benzene rings is 2. The minimum atomic E-state index is -3.96. The molecule has 0 saturated carbocycles. The van der Waals surface area contributed by atoms with E-state index in [0.29, 0.717) is 25.0 Å². The molecule has 0 amide bonds. The number of ketones is 1. The van der Waals surface area contributed by atoms with Crippen molar-refractivity contribution in [2.75, 3.05) is 24.9 Å². The molecule has 2 unspecified atom stereocenters. The van der Waals surface area contributed by atoms with Gasteiger partial charge in [0.25, 0.3) is 0 Å². The van der Waals surface area contributed by atoms with Gasteiger partial charge in [-0.1, -0.05) is 55.5 Å². The van der Waals surface area contributed by atoms with Crippen molar-refractivity contribution < 1.29 is 17.6 Å². The van der Waals surface area contributed by atoms with Gasteiger partial charge in [-0.05, 0) is 49.6 Å². The first-order chi connectivity index (χ1) is 17.2. The third-order valence-electron chi connectivity index (χ3n) is 6.17. The van der Waals surface area contributed by atoms with Gasteiger partial charge in [0.1, 0.15) is 0 Å². The van der Waals surface area contributed by atoms with Crippen molar-refractivity contribution in [2.24, 2.45) is 16.6 Å². The number of dihydropyridines is 1. The molecule has 192 valence electrons. The summed E-state index contributed by atoms with van der Waals surface area (Å²) in [6.07, 6.45) is 6.80. The van der Waals surface area contributed by atoms with Gasteiger partial charge in [0.15, 0.2) is 11.6 Å². The Balaban J connectivity index is 2.02. The number of nitrogens with one attached hydrogen (secondary N) is 1. The molecule has 0 saturated heterocycles. The molecule has 0 fully saturated rings. The number of unbranched alkanes of at least 4 members (excludes halogenated alkanes) is 1. The normalized spacial score (nSPS) is 18.3. The van der Waals surface area contributed by atoms with E-state index in [1.807, 2.05) is 43.3 Å². The van der Waals surface area contributed by atoms with Crippen LogP contribution in [-0.2, 0) is 10.2 Å². The zero-order chi connectivity index (χ0) is 26.3. The smallest absolute Gasteiger partial charge is 0.301 e. The molecule has 3 N–H and O–H groups in total. The van der Waals surface area contributed by atoms with Gasteiger partial charge in [0, 0.05) is 31.3 Å². The Morgan fingerprint density at radius 2 is 1.92 bits per heavy atom. The number of allylic oxidation sites excluding steroid dienone is 2. The molecule has 0 aliphatic carbocycles. The third kappa shape index (κ3) is 6.34. The number of Topliss-reactive ketones (excluding diaryl/α,β-unsaturated/α-hetero) is 1. The van der Waals surface area contributed by atoms with E-state index in [2.05, 4.69) is 9.71 Å². The molecule has 0 radical (unpaired) electrons. The topological polar surface area (TPSA) is 105 Å². The number of rotatable bonds is 11. The summed E-state index contributed by atoms with van der Waals surface area (Å²) >= 11 is 0. The standard InChI is InChI=1S/C27H33FN4O3S/c1-4-32(3)36(34,35)31-25-15-10-14-23(26(25)28)27(33)22(13-8-9-16-29)24-17-21(18-30-19(24)2)20-11-6-5-7-12-20/h5-7,10-15,17-19,24,31H,4,8-9,16,29H2,1-3H3. The molecule has 9 heteroatoms. The number of halogens is 1. The Bertz CT molecular complexity index is 1270. The maximum atomic E-state index is 15.5. The van der Waals surface area contributed by atoms with Crippen molar-refractivity contribution in [1.82, 2.24) is 4.31 Å². The van der Waals surface area contributed by atoms with E-state index >= 15 is 4.39 Å². The predicted octanol–water partition coefficient (Wildman–Crippen LogP) is 4.45. The lowest BCUT2D eigenvalue weighted by atomic mass is 9.82. The summed E-state index contributed by atoms with van der Waals surface area (Å²) in [7, 11) is -2.57. The highest BCUT2D eigenvalue weighted by molar-refractivity contribution is 7.90. The van der Waals surface area contributed by atoms with Gasteiger partial charge in [-0.3, -0.25) is 14.5 Å². The van der Waals surface area contributed by atoms with Crippen LogP contribution in [0.2, 0.25) is 0 Å². The van der Waals surface area contributed by atoms with Crippen molar-refractivity contribution in [1.29, 1.82) is 0 Å². The van der Waals surface area contributed by atoms with Crippen LogP contribution >= 0.6 is 0 Å². The van der Waals surface area contributed by atoms with E-state index in [1.54, 1.807) is 19.2 Å². The van der Waals surface area contributed by atoms with E-state index in [9.17, 15) is 13.2 Å². The number of aliphatic imine (C=N–C) groups is 1. The lowest BCUT2D eigenvalue weighted by molar-refractivity contribution is 0.102. The molecule has 2 aromatic carbocycles. The van der Waals surface area contributed by atoms with E-state index in [1.165, 1.54) is 25.2 Å². The molecule has 2 atom stereocenters. The highest BCUT2D eigenvalue weighted by atomic mass is 32.2. The zero-order valence-corrected chi connectivity index (χ0v) is 21.6. The molecule has 1 aliphatic heterocycles. The Morgan fingerprint density at radius 1 is 1.19 bits per heavy atom. The maximum absolute atomic E-state index is 15.5. The summed E-state index contributed by atoms with van der Waals surface area (Å²) in [6.45, 7) is 4.24. The average Bonchev–Trinajstić information content (AvgIpc) is 2.88. The molecule has 7 nitrogen and oxygen atoms in total. The first-order valence-corrected chi connectivity index (χ1v) is 13.4. The molecule has 3 rings (SSSR count). The second kappa shape index (κ2) is 12.2. The van der Waals surface area contributed by atoms with Gasteiger partial charge in [-0.25, -0.2) is 4.39 Å². The molecular weight excluding hydrogens is 479 g/mol. The minimum absolute atomic E-state index is 0.204. The summed E-state index contributed by atoms with van der Waals surface area (Å²) < 4.78 is 43.7. The minimum Gasteiger partial charge on any atom is -0.330 e. The van der Waals surface area contributed by atoms with Crippen molar-refractivity contribution in [3.8, 4) is 0 Å². The molecular formula is C27H33FN4O3S. The quantitative estimate of drug-likeness (QED) is 0.264. The first kappa shape index (κ1) is 27.4. The fraction of sp³-hybridized carbons (Fsp3) is 0.333. The fourth-order valence-corrected chi connectivity index (χ4v) is 4.83. The van der Waals surface area contributed by atoms with Crippen LogP contribution in [0.4, 0.5) is 10.1 Å². The number of carbonyl (C=O) groups is 1. The maximum Gasteiger partial charge on any atom is 0.301 e. The SMILES string of the molecule is CCN(C)S(=O)(=O)Nc1cccc(C(=O)C(=CCCCN)C2C=C(c3ccccc3)C=NC2C)c1F. The molecule has 2 aromatic rings. The number of nitrogens with two attached hydrogens (primary N) is 1. The lowest BCUT2D eigenvalue weighted by Crippen LogP contribution is -2.32. The average molecular weight is 513 g/mol. The van der Waals surface area contributed by atoms with E-state index < -0.39 is 21.8 Å². The molecule has 36 heavy (non-hydrogen) atoms. The van der Waals surface area contributed by atoms with Crippen LogP contribution in [0.5, 0.6) is 0 Å². The number of hydrogen-bond acceptors (Lipinski definition) is 5. The van der Waals surface area contributed by atoms with Crippen LogP contribution in [0, 0.1) is 11.7 Å². The van der Waals surface area contributed by atoms with Gasteiger partial charge < -0.3 is 5.73 Å². The largest absolute Gasteiger partial charge is 0.330 e. The first-order valence-electron chi connectivity index (χ1n) is 12.0. The van der Waals surface area contributed by atoms with E-state index in [4.69, 9.17) is 5.73 Å². The van der Waals surface area contributed by atoms with Crippen LogP contribution < -0.4 is 10.5 Å². The summed E-state index contributed by atoms with van der Waals surface area (Å²) in [6, 6.07) is 13.6. The number of anilines is 1. The van der Waals surface area contributed by atoms with Crippen molar-refractivity contribution in [3.05, 3.63) is 83.2 Å². The van der Waals surface area contributed by atoms with Gasteiger partial charge in [-0.2, -0.15) is 12.7 Å². The number of nitrogens with zero attached hydrogens (tertiary/aromatic N) is 2. The molecule has 1 aliphatic rings. The van der Waals surface area contributed by atoms with Gasteiger partial charge in [0.2, 0.25) is 0 Å². The fourth-order valence-electron chi connectivity index (χ4n) is 3.90. The highest BCUT2D eigenvalue weighted by Crippen LogP contribution is 2.32. The van der Waals surface area contributed by atoms with Gasteiger partial charge in [-0.15, -0.1) is 0 Å². The molecule has 0 spiro atoms. The molecule has 1 heterocycles. The van der Waals surface area contributed by atoms with E-state index in [-0.39, 0.29) is 29.8 Å². The van der Waals surface area contributed by atoms with Gasteiger partial charge in [0.05, 0.1) is 17.3 Å². The third-order valence-corrected chi connectivity index (χ3v) is 7.72. The molecule has 0 aromatic heterocycles. The van der Waals surface area contributed by atoms with Crippen molar-refractivity contribution in [3.63, 3.8) is 0 Å². The summed E-state index contributed by atoms with van der Waals surface area (Å²) in [5, 5.41) is 0. The van der Waals surface area contributed by atoms with Gasteiger partial charge >= 0.3 is 10.2 Å². The summed E-state index contributed by atoms with van der Waals surface area (Å²) in [5.74, 6) is -1.81. The zero-order valence-electron chi connectivity index (χ0n) is 20.8. The monoisotopic (exact) mass is 512 g/mol. The Kier molecular flexibility index (Phi) is 9.31. The number of hydrogen-bond donors (Lipinski definition) is 2. The Hall–Kier alpha value is -3.14. The predicted molar refractivity (Wildman–Crippen MR) is 144 cm³/mol. The summed E-state index contributed by atoms with van der Waals surface area (Å²) in [4.78, 5) is 18.4. The van der Waals surface area contributed by atoms with E-state index in [0.717, 1.165) is 15.4 Å². The van der Waals surface area contributed by atoms with Crippen molar-refractivity contribution in [2.45, 2.75) is 32.7 Å². The molecule has 0 bridgehead atoms. The second-order valence-electron chi connectivity index (χ2n) is 8.64. The van der Waals surface area contributed by atoms with Crippen LogP contribution in [0.25, 0.3) is 5.57 Å². The Morgan fingerprint density at radius 3 is 2.58 bits per heavy atom. The van der Waals surface area contributed by atoms with Crippen LogP contribution in [-0.4, -0.2) is 50.9 Å².